The summed E-state index contributed by atoms with van der Waals surface area (Å²) in [6.45, 7) is 0. The second-order valence-electron chi connectivity index (χ2n) is 7.69. The molecule has 5 nitrogen and oxygen atoms in total. The number of fused-ring (bicyclic) bond motifs is 1. The summed E-state index contributed by atoms with van der Waals surface area (Å²) in [6, 6.07) is 27.5. The fourth-order valence-electron chi connectivity index (χ4n) is 3.56. The molecule has 5 aromatic rings. The molecule has 0 aliphatic carbocycles. The van der Waals surface area contributed by atoms with Crippen LogP contribution in [0.2, 0.25) is 5.02 Å². The van der Waals surface area contributed by atoms with Gasteiger partial charge < -0.3 is 4.74 Å². The fraction of sp³-hybridized carbons (Fsp3) is 0.0385. The Morgan fingerprint density at radius 3 is 2.40 bits per heavy atom. The van der Waals surface area contributed by atoms with Gasteiger partial charge in [0, 0.05) is 15.7 Å². The van der Waals surface area contributed by atoms with Crippen LogP contribution in [0.25, 0.3) is 10.8 Å². The van der Waals surface area contributed by atoms with Gasteiger partial charge in [0.2, 0.25) is 0 Å². The van der Waals surface area contributed by atoms with Crippen molar-refractivity contribution in [2.24, 2.45) is 0 Å². The van der Waals surface area contributed by atoms with Crippen LogP contribution in [0.5, 0.6) is 5.75 Å². The van der Waals surface area contributed by atoms with Gasteiger partial charge in [0.25, 0.3) is 10.0 Å². The first-order valence-electron chi connectivity index (χ1n) is 10.5. The topological polar surface area (TPSA) is 68.3 Å². The molecule has 0 fully saturated rings. The number of nitrogens with one attached hydrogen (secondary N) is 1. The van der Waals surface area contributed by atoms with E-state index in [1.165, 1.54) is 23.5 Å². The molecular weight excluding hydrogens is 568 g/mol. The number of ether oxygens (including phenoxy) is 1. The van der Waals surface area contributed by atoms with E-state index >= 15 is 0 Å². The van der Waals surface area contributed by atoms with E-state index in [-0.39, 0.29) is 10.0 Å². The number of hydrogen-bond donors (Lipinski definition) is 1. The molecule has 35 heavy (non-hydrogen) atoms. The zero-order chi connectivity index (χ0) is 24.4. The summed E-state index contributed by atoms with van der Waals surface area (Å²) in [7, 11) is -3.75. The number of aromatic nitrogens is 1. The highest BCUT2D eigenvalue weighted by Gasteiger charge is 2.22. The number of hydrogen-bond acceptors (Lipinski definition) is 5. The molecule has 4 aromatic carbocycles. The predicted octanol–water partition coefficient (Wildman–Crippen LogP) is 7.68. The van der Waals surface area contributed by atoms with Crippen LogP contribution in [0, 0.1) is 0 Å². The van der Waals surface area contributed by atoms with Gasteiger partial charge in [-0.05, 0) is 64.9 Å². The maximum absolute atomic E-state index is 12.7. The highest BCUT2D eigenvalue weighted by Crippen LogP contribution is 2.35. The maximum atomic E-state index is 12.7. The normalized spacial score (nSPS) is 12.4. The number of halogens is 2. The van der Waals surface area contributed by atoms with E-state index in [1.807, 2.05) is 48.5 Å². The minimum atomic E-state index is -3.75. The van der Waals surface area contributed by atoms with Gasteiger partial charge >= 0.3 is 0 Å². The first kappa shape index (κ1) is 23.8. The van der Waals surface area contributed by atoms with Gasteiger partial charge in [-0.3, -0.25) is 4.72 Å². The average Bonchev–Trinajstić information content (AvgIpc) is 3.31. The van der Waals surface area contributed by atoms with Crippen LogP contribution >= 0.6 is 38.9 Å². The van der Waals surface area contributed by atoms with Crippen molar-refractivity contribution in [3.63, 3.8) is 0 Å². The molecule has 0 saturated carbocycles. The van der Waals surface area contributed by atoms with Crippen molar-refractivity contribution in [2.75, 3.05) is 4.72 Å². The Morgan fingerprint density at radius 2 is 1.63 bits per heavy atom. The van der Waals surface area contributed by atoms with Gasteiger partial charge in [-0.25, -0.2) is 13.4 Å². The van der Waals surface area contributed by atoms with Gasteiger partial charge in [-0.1, -0.05) is 81.3 Å². The number of anilines is 1. The van der Waals surface area contributed by atoms with Gasteiger partial charge in [-0.15, -0.1) is 0 Å². The van der Waals surface area contributed by atoms with Crippen molar-refractivity contribution in [3.8, 4) is 5.75 Å². The third kappa shape index (κ3) is 5.51. The third-order valence-electron chi connectivity index (χ3n) is 5.26. The summed E-state index contributed by atoms with van der Waals surface area (Å²) in [5.41, 5.74) is 0.867. The first-order valence-corrected chi connectivity index (χ1v) is 14.0. The number of benzene rings is 4. The minimum Gasteiger partial charge on any atom is -0.480 e. The number of sulfonamides is 1. The largest absolute Gasteiger partial charge is 0.480 e. The van der Waals surface area contributed by atoms with Gasteiger partial charge in [-0.2, -0.15) is 0 Å². The maximum Gasteiger partial charge on any atom is 0.263 e. The molecule has 1 heterocycles. The molecule has 1 N–H and O–H groups in total. The van der Waals surface area contributed by atoms with E-state index < -0.39 is 16.1 Å². The lowest BCUT2D eigenvalue weighted by molar-refractivity contribution is 0.251. The Kier molecular flexibility index (Phi) is 6.80. The smallest absolute Gasteiger partial charge is 0.263 e. The third-order valence-corrected chi connectivity index (χ3v) is 8.44. The molecule has 0 aliphatic heterocycles. The molecule has 176 valence electrons. The van der Waals surface area contributed by atoms with E-state index in [0.717, 1.165) is 25.7 Å². The van der Waals surface area contributed by atoms with Crippen LogP contribution < -0.4 is 9.46 Å². The molecule has 0 saturated heterocycles. The lowest BCUT2D eigenvalue weighted by atomic mass is 10.1. The molecule has 9 heteroatoms. The average molecular weight is 586 g/mol. The zero-order valence-electron chi connectivity index (χ0n) is 18.1. The molecule has 0 aliphatic rings. The van der Waals surface area contributed by atoms with Gasteiger partial charge in [0.05, 0.1) is 9.77 Å². The zero-order valence-corrected chi connectivity index (χ0v) is 22.0. The predicted molar refractivity (Wildman–Crippen MR) is 145 cm³/mol. The summed E-state index contributed by atoms with van der Waals surface area (Å²) in [4.78, 5) is 5.22. The number of rotatable bonds is 7. The molecule has 0 radical (unpaired) electrons. The van der Waals surface area contributed by atoms with E-state index in [2.05, 4.69) is 25.6 Å². The van der Waals surface area contributed by atoms with Crippen molar-refractivity contribution in [3.05, 3.63) is 117 Å². The Hall–Kier alpha value is -2.91. The van der Waals surface area contributed by atoms with Crippen molar-refractivity contribution in [1.82, 2.24) is 4.98 Å². The van der Waals surface area contributed by atoms with E-state index in [1.54, 1.807) is 36.5 Å². The quantitative estimate of drug-likeness (QED) is 0.213. The minimum absolute atomic E-state index is 0.171. The first-order chi connectivity index (χ1) is 16.9. The Morgan fingerprint density at radius 1 is 0.914 bits per heavy atom. The van der Waals surface area contributed by atoms with E-state index in [9.17, 15) is 8.42 Å². The SMILES string of the molecule is O=S(=O)(Nc1ncc(C(Oc2ccc3cc(Br)ccc3c2)c2ccc(Cl)cc2)s1)c1ccccc1. The molecule has 1 aromatic heterocycles. The second kappa shape index (κ2) is 9.99. The van der Waals surface area contributed by atoms with Gasteiger partial charge in [0.15, 0.2) is 11.2 Å². The molecule has 5 rings (SSSR count). The van der Waals surface area contributed by atoms with Gasteiger partial charge in [0.1, 0.15) is 5.75 Å². The lowest BCUT2D eigenvalue weighted by Crippen LogP contribution is -2.12. The van der Waals surface area contributed by atoms with Crippen molar-refractivity contribution >= 4 is 64.8 Å². The molecule has 0 spiro atoms. The van der Waals surface area contributed by atoms with Crippen LogP contribution in [-0.4, -0.2) is 13.4 Å². The molecular formula is C26H18BrClN2O3S2. The standard InChI is InChI=1S/C26H18BrClN2O3S2/c27-20-10-6-19-15-22(13-9-18(19)14-20)33-25(17-7-11-21(28)12-8-17)24-16-29-26(34-24)30-35(31,32)23-4-2-1-3-5-23/h1-16,25H,(H,29,30). The van der Waals surface area contributed by atoms with Crippen LogP contribution in [-0.2, 0) is 10.0 Å². The van der Waals surface area contributed by atoms with E-state index in [0.29, 0.717) is 10.8 Å². The number of nitrogens with zero attached hydrogens (tertiary/aromatic N) is 1. The molecule has 1 atom stereocenters. The number of thiazole rings is 1. The summed E-state index contributed by atoms with van der Waals surface area (Å²) in [6.07, 6.45) is 1.12. The second-order valence-corrected chi connectivity index (χ2v) is 11.8. The Bertz CT molecular complexity index is 1590. The van der Waals surface area contributed by atoms with Crippen LogP contribution in [0.4, 0.5) is 5.13 Å². The summed E-state index contributed by atoms with van der Waals surface area (Å²) in [5.74, 6) is 0.680. The molecule has 1 unspecified atom stereocenters. The highest BCUT2D eigenvalue weighted by atomic mass is 79.9. The van der Waals surface area contributed by atoms with Crippen LogP contribution in [0.15, 0.2) is 107 Å². The van der Waals surface area contributed by atoms with Crippen molar-refractivity contribution in [1.29, 1.82) is 0 Å². The fourth-order valence-corrected chi connectivity index (χ4v) is 6.20. The van der Waals surface area contributed by atoms with Crippen molar-refractivity contribution in [2.45, 2.75) is 11.0 Å². The summed E-state index contributed by atoms with van der Waals surface area (Å²) in [5, 5.41) is 3.01. The van der Waals surface area contributed by atoms with E-state index in [4.69, 9.17) is 16.3 Å². The van der Waals surface area contributed by atoms with Crippen molar-refractivity contribution < 1.29 is 13.2 Å². The Balaban J connectivity index is 1.47. The Labute approximate surface area is 220 Å². The monoisotopic (exact) mass is 584 g/mol. The highest BCUT2D eigenvalue weighted by molar-refractivity contribution is 9.10. The van der Waals surface area contributed by atoms with Crippen LogP contribution in [0.1, 0.15) is 16.5 Å². The summed E-state index contributed by atoms with van der Waals surface area (Å²) < 4.78 is 35.5. The molecule has 0 bridgehead atoms. The lowest BCUT2D eigenvalue weighted by Gasteiger charge is -2.19. The van der Waals surface area contributed by atoms with Crippen LogP contribution in [0.3, 0.4) is 0 Å². The summed E-state index contributed by atoms with van der Waals surface area (Å²) >= 11 is 10.8. The molecule has 0 amide bonds.